The van der Waals surface area contributed by atoms with E-state index in [2.05, 4.69) is 20.6 Å². The quantitative estimate of drug-likeness (QED) is 0.663. The number of aromatic nitrogens is 2. The van der Waals surface area contributed by atoms with Crippen molar-refractivity contribution in [2.75, 3.05) is 18.4 Å². The van der Waals surface area contributed by atoms with E-state index in [0.29, 0.717) is 16.9 Å². The smallest absolute Gasteiger partial charge is 0.165 e. The van der Waals surface area contributed by atoms with Gasteiger partial charge in [0.1, 0.15) is 17.9 Å². The van der Waals surface area contributed by atoms with Crippen molar-refractivity contribution in [3.05, 3.63) is 52.6 Å². The second kappa shape index (κ2) is 6.13. The molecule has 0 amide bonds. The summed E-state index contributed by atoms with van der Waals surface area (Å²) in [5, 5.41) is 17.2. The molecule has 2 heterocycles. The molecule has 4 rings (SSSR count). The van der Waals surface area contributed by atoms with Crippen molar-refractivity contribution < 1.29 is 9.50 Å². The lowest BCUT2D eigenvalue weighted by atomic mass is 9.92. The van der Waals surface area contributed by atoms with Gasteiger partial charge in [-0.25, -0.2) is 14.4 Å². The minimum absolute atomic E-state index is 0.0854. The van der Waals surface area contributed by atoms with Crippen LogP contribution in [0.5, 0.6) is 5.75 Å². The predicted molar refractivity (Wildman–Crippen MR) is 96.2 cm³/mol. The van der Waals surface area contributed by atoms with Crippen LogP contribution >= 0.6 is 11.6 Å². The minimum Gasteiger partial charge on any atom is -0.508 e. The molecule has 0 aliphatic carbocycles. The molecule has 0 spiro atoms. The van der Waals surface area contributed by atoms with Gasteiger partial charge in [-0.15, -0.1) is 0 Å². The van der Waals surface area contributed by atoms with Gasteiger partial charge in [-0.3, -0.25) is 0 Å². The molecule has 3 N–H and O–H groups in total. The third-order valence-corrected chi connectivity index (χ3v) is 5.00. The van der Waals surface area contributed by atoms with Gasteiger partial charge in [0.2, 0.25) is 0 Å². The molecule has 25 heavy (non-hydrogen) atoms. The average Bonchev–Trinajstić information content (AvgIpc) is 2.55. The van der Waals surface area contributed by atoms with Gasteiger partial charge < -0.3 is 15.7 Å². The molecule has 1 aromatic heterocycles. The summed E-state index contributed by atoms with van der Waals surface area (Å²) in [4.78, 5) is 8.44. The Morgan fingerprint density at radius 2 is 2.08 bits per heavy atom. The highest BCUT2D eigenvalue weighted by molar-refractivity contribution is 6.31. The molecule has 1 aliphatic rings. The second-order valence-electron chi connectivity index (χ2n) is 6.19. The van der Waals surface area contributed by atoms with Crippen molar-refractivity contribution in [1.29, 1.82) is 0 Å². The number of aryl methyl sites for hydroxylation is 1. The molecule has 1 aliphatic heterocycles. The Morgan fingerprint density at radius 1 is 1.28 bits per heavy atom. The number of phenols is 1. The number of phenolic OH excluding ortho intramolecular Hbond substituents is 1. The van der Waals surface area contributed by atoms with E-state index in [1.807, 2.05) is 6.07 Å². The molecule has 2 aromatic carbocycles. The largest absolute Gasteiger partial charge is 0.508 e. The van der Waals surface area contributed by atoms with Crippen LogP contribution < -0.4 is 10.6 Å². The molecule has 7 heteroatoms. The molecule has 0 atom stereocenters. The molecule has 0 saturated carbocycles. The van der Waals surface area contributed by atoms with Crippen molar-refractivity contribution in [2.45, 2.75) is 12.8 Å². The Hall–Kier alpha value is -2.44. The fraction of sp³-hybridized carbons (Fsp3) is 0.222. The molecule has 5 nitrogen and oxygen atoms in total. The molecule has 128 valence electrons. The van der Waals surface area contributed by atoms with Gasteiger partial charge in [0.25, 0.3) is 0 Å². The highest BCUT2D eigenvalue weighted by atomic mass is 35.5. The average molecular weight is 359 g/mol. The highest BCUT2D eigenvalue weighted by Crippen LogP contribution is 2.35. The van der Waals surface area contributed by atoms with Crippen LogP contribution in [-0.4, -0.2) is 28.2 Å². The molecule has 3 aromatic rings. The first kappa shape index (κ1) is 16.1. The summed E-state index contributed by atoms with van der Waals surface area (Å²) in [6, 6.07) is 6.86. The van der Waals surface area contributed by atoms with E-state index in [1.54, 1.807) is 25.1 Å². The van der Waals surface area contributed by atoms with Crippen molar-refractivity contribution in [2.24, 2.45) is 0 Å². The van der Waals surface area contributed by atoms with Gasteiger partial charge in [-0.05, 0) is 24.6 Å². The van der Waals surface area contributed by atoms with Crippen LogP contribution in [0.4, 0.5) is 15.9 Å². The summed E-state index contributed by atoms with van der Waals surface area (Å²) in [5.41, 5.74) is 2.34. The van der Waals surface area contributed by atoms with Gasteiger partial charge in [0, 0.05) is 36.0 Å². The zero-order valence-corrected chi connectivity index (χ0v) is 14.2. The lowest BCUT2D eigenvalue weighted by molar-refractivity contribution is 0.414. The zero-order chi connectivity index (χ0) is 17.6. The number of hydrogen-bond donors (Lipinski definition) is 3. The van der Waals surface area contributed by atoms with Crippen molar-refractivity contribution in [3.63, 3.8) is 0 Å². The molecular weight excluding hydrogens is 343 g/mol. The summed E-state index contributed by atoms with van der Waals surface area (Å²) in [6.45, 7) is 3.38. The molecule has 1 saturated heterocycles. The Balaban J connectivity index is 1.80. The lowest BCUT2D eigenvalue weighted by Crippen LogP contribution is -2.39. The molecule has 0 unspecified atom stereocenters. The standard InChI is InChI=1S/C18H16ClFN4O/c1-9-2-3-13(17(20)16(9)19)24-18-12-4-11(10-6-21-7-10)15(25)5-14(12)22-8-23-18/h2-5,8,10,21,25H,6-7H2,1H3,(H,22,23,24). The summed E-state index contributed by atoms with van der Waals surface area (Å²) >= 11 is 5.99. The summed E-state index contributed by atoms with van der Waals surface area (Å²) < 4.78 is 14.4. The molecule has 0 radical (unpaired) electrons. The third-order valence-electron chi connectivity index (χ3n) is 4.53. The van der Waals surface area contributed by atoms with Crippen LogP contribution in [0.2, 0.25) is 5.02 Å². The first-order valence-corrected chi connectivity index (χ1v) is 8.32. The second-order valence-corrected chi connectivity index (χ2v) is 6.57. The maximum atomic E-state index is 14.4. The maximum Gasteiger partial charge on any atom is 0.165 e. The van der Waals surface area contributed by atoms with E-state index >= 15 is 0 Å². The van der Waals surface area contributed by atoms with Crippen LogP contribution in [0.3, 0.4) is 0 Å². The Kier molecular flexibility index (Phi) is 3.94. The maximum absolute atomic E-state index is 14.4. The number of benzene rings is 2. The first-order chi connectivity index (χ1) is 12.0. The zero-order valence-electron chi connectivity index (χ0n) is 13.5. The third kappa shape index (κ3) is 2.77. The van der Waals surface area contributed by atoms with Crippen molar-refractivity contribution in [3.8, 4) is 5.75 Å². The number of rotatable bonds is 3. The summed E-state index contributed by atoms with van der Waals surface area (Å²) in [5.74, 6) is 0.421. The van der Waals surface area contributed by atoms with E-state index < -0.39 is 5.82 Å². The first-order valence-electron chi connectivity index (χ1n) is 7.94. The van der Waals surface area contributed by atoms with E-state index in [4.69, 9.17) is 11.6 Å². The Labute approximate surface area is 148 Å². The summed E-state index contributed by atoms with van der Waals surface area (Å²) in [7, 11) is 0. The highest BCUT2D eigenvalue weighted by Gasteiger charge is 2.23. The van der Waals surface area contributed by atoms with E-state index in [0.717, 1.165) is 24.0 Å². The Morgan fingerprint density at radius 3 is 2.80 bits per heavy atom. The van der Waals surface area contributed by atoms with Crippen LogP contribution in [-0.2, 0) is 0 Å². The number of fused-ring (bicyclic) bond motifs is 1. The molecule has 0 bridgehead atoms. The van der Waals surface area contributed by atoms with Gasteiger partial charge in [0.05, 0.1) is 16.2 Å². The number of nitrogens with zero attached hydrogens (tertiary/aromatic N) is 2. The number of nitrogens with one attached hydrogen (secondary N) is 2. The predicted octanol–water partition coefficient (Wildman–Crippen LogP) is 3.87. The van der Waals surface area contributed by atoms with Gasteiger partial charge >= 0.3 is 0 Å². The van der Waals surface area contributed by atoms with Crippen molar-refractivity contribution in [1.82, 2.24) is 15.3 Å². The van der Waals surface area contributed by atoms with Crippen LogP contribution in [0, 0.1) is 12.7 Å². The number of anilines is 2. The number of hydrogen-bond acceptors (Lipinski definition) is 5. The van der Waals surface area contributed by atoms with Crippen LogP contribution in [0.25, 0.3) is 10.9 Å². The molecule has 1 fully saturated rings. The fourth-order valence-corrected chi connectivity index (χ4v) is 3.08. The fourth-order valence-electron chi connectivity index (χ4n) is 2.91. The topological polar surface area (TPSA) is 70.1 Å². The monoisotopic (exact) mass is 358 g/mol. The normalized spacial score (nSPS) is 14.5. The van der Waals surface area contributed by atoms with Crippen molar-refractivity contribution >= 4 is 34.0 Å². The number of halogens is 2. The van der Waals surface area contributed by atoms with Gasteiger partial charge in [0.15, 0.2) is 5.82 Å². The van der Waals surface area contributed by atoms with E-state index in [-0.39, 0.29) is 22.4 Å². The van der Waals surface area contributed by atoms with Gasteiger partial charge in [-0.1, -0.05) is 17.7 Å². The van der Waals surface area contributed by atoms with Crippen LogP contribution in [0.15, 0.2) is 30.6 Å². The molecular formula is C18H16ClFN4O. The van der Waals surface area contributed by atoms with E-state index in [1.165, 1.54) is 6.33 Å². The lowest BCUT2D eigenvalue weighted by Gasteiger charge is -2.28. The van der Waals surface area contributed by atoms with E-state index in [9.17, 15) is 9.50 Å². The Bertz CT molecular complexity index is 975. The number of aromatic hydroxyl groups is 1. The minimum atomic E-state index is -0.518. The summed E-state index contributed by atoms with van der Waals surface area (Å²) in [6.07, 6.45) is 1.38. The van der Waals surface area contributed by atoms with Gasteiger partial charge in [-0.2, -0.15) is 0 Å². The SMILES string of the molecule is Cc1ccc(Nc2ncnc3cc(O)c(C4CNC4)cc23)c(F)c1Cl. The van der Waals surface area contributed by atoms with Crippen LogP contribution in [0.1, 0.15) is 17.0 Å².